The van der Waals surface area contributed by atoms with Crippen molar-refractivity contribution in [2.45, 2.75) is 18.9 Å². The van der Waals surface area contributed by atoms with E-state index in [9.17, 15) is 4.79 Å². The predicted octanol–water partition coefficient (Wildman–Crippen LogP) is 1.56. The maximum Gasteiger partial charge on any atom is 0.328 e. The van der Waals surface area contributed by atoms with E-state index in [0.29, 0.717) is 5.92 Å². The molecule has 2 heterocycles. The molecule has 0 radical (unpaired) electrons. The molecule has 1 aliphatic heterocycles. The number of fused-ring (bicyclic) bond motifs is 1. The lowest BCUT2D eigenvalue weighted by atomic mass is 9.88. The first kappa shape index (κ1) is 14.4. The van der Waals surface area contributed by atoms with Crippen molar-refractivity contribution in [1.82, 2.24) is 14.5 Å². The fourth-order valence-corrected chi connectivity index (χ4v) is 3.42. The van der Waals surface area contributed by atoms with Crippen molar-refractivity contribution in [3.05, 3.63) is 34.2 Å². The van der Waals surface area contributed by atoms with Crippen LogP contribution in [0, 0.1) is 5.92 Å². The summed E-state index contributed by atoms with van der Waals surface area (Å²) >= 11 is 0. The molecule has 1 N–H and O–H groups in total. The van der Waals surface area contributed by atoms with Gasteiger partial charge in [-0.1, -0.05) is 6.07 Å². The van der Waals surface area contributed by atoms with Crippen LogP contribution in [0.5, 0.6) is 0 Å². The minimum atomic E-state index is 0.0177. The number of aryl methyl sites for hydroxylation is 2. The van der Waals surface area contributed by atoms with Crippen LogP contribution >= 0.6 is 0 Å². The van der Waals surface area contributed by atoms with Crippen LogP contribution in [0.15, 0.2) is 23.0 Å². The number of hydrogen-bond acceptors (Lipinski definition) is 3. The topological polar surface area (TPSA) is 48.2 Å². The number of hydrogen-bond donors (Lipinski definition) is 1. The van der Waals surface area contributed by atoms with Gasteiger partial charge in [-0.25, -0.2) is 4.79 Å². The van der Waals surface area contributed by atoms with E-state index in [1.165, 1.54) is 12.0 Å². The highest BCUT2D eigenvalue weighted by atomic mass is 16.5. The standard InChI is InChI=1S/C16H23N3O2/c1-17-15(12-5-4-8-21-10-12)11-6-7-13-14(9-11)19(3)16(20)18(13)2/h6-7,9,12,15,17H,4-5,8,10H2,1-3H3. The van der Waals surface area contributed by atoms with E-state index in [2.05, 4.69) is 17.4 Å². The average molecular weight is 289 g/mol. The van der Waals surface area contributed by atoms with E-state index >= 15 is 0 Å². The fourth-order valence-electron chi connectivity index (χ4n) is 3.42. The van der Waals surface area contributed by atoms with Crippen molar-refractivity contribution in [3.63, 3.8) is 0 Å². The molecule has 1 saturated heterocycles. The molecule has 114 valence electrons. The lowest BCUT2D eigenvalue weighted by Gasteiger charge is -2.30. The molecular weight excluding hydrogens is 266 g/mol. The number of rotatable bonds is 3. The van der Waals surface area contributed by atoms with Crippen molar-refractivity contribution < 1.29 is 4.74 Å². The molecule has 0 saturated carbocycles. The smallest absolute Gasteiger partial charge is 0.328 e. The van der Waals surface area contributed by atoms with E-state index < -0.39 is 0 Å². The molecule has 2 aromatic rings. The van der Waals surface area contributed by atoms with Gasteiger partial charge in [0.1, 0.15) is 0 Å². The third kappa shape index (κ3) is 2.40. The lowest BCUT2D eigenvalue weighted by Crippen LogP contribution is -2.31. The van der Waals surface area contributed by atoms with Gasteiger partial charge in [-0.2, -0.15) is 0 Å². The van der Waals surface area contributed by atoms with Gasteiger partial charge in [0.15, 0.2) is 0 Å². The Hall–Kier alpha value is -1.59. The molecule has 0 spiro atoms. The second-order valence-corrected chi connectivity index (χ2v) is 5.89. The molecule has 1 fully saturated rings. The van der Waals surface area contributed by atoms with Crippen LogP contribution in [-0.2, 0) is 18.8 Å². The highest BCUT2D eigenvalue weighted by Gasteiger charge is 2.25. The van der Waals surface area contributed by atoms with Crippen molar-refractivity contribution in [3.8, 4) is 0 Å². The molecule has 5 heteroatoms. The van der Waals surface area contributed by atoms with Crippen LogP contribution in [0.2, 0.25) is 0 Å². The first-order valence-corrected chi connectivity index (χ1v) is 7.54. The summed E-state index contributed by atoms with van der Waals surface area (Å²) in [6, 6.07) is 6.56. The van der Waals surface area contributed by atoms with Gasteiger partial charge in [0.25, 0.3) is 0 Å². The van der Waals surface area contributed by atoms with Gasteiger partial charge in [-0.3, -0.25) is 9.13 Å². The zero-order valence-electron chi connectivity index (χ0n) is 12.9. The summed E-state index contributed by atoms with van der Waals surface area (Å²) in [6.07, 6.45) is 2.30. The SMILES string of the molecule is CNC(c1ccc2c(c1)n(C)c(=O)n2C)C1CCCOC1. The van der Waals surface area contributed by atoms with Gasteiger partial charge in [0.05, 0.1) is 17.6 Å². The van der Waals surface area contributed by atoms with Crippen LogP contribution < -0.4 is 11.0 Å². The van der Waals surface area contributed by atoms with Crippen molar-refractivity contribution in [2.24, 2.45) is 20.0 Å². The van der Waals surface area contributed by atoms with Gasteiger partial charge in [-0.15, -0.1) is 0 Å². The quantitative estimate of drug-likeness (QED) is 0.933. The van der Waals surface area contributed by atoms with Crippen LogP contribution in [0.4, 0.5) is 0 Å². The van der Waals surface area contributed by atoms with Crippen LogP contribution in [0.25, 0.3) is 11.0 Å². The number of imidazole rings is 1. The third-order valence-corrected chi connectivity index (χ3v) is 4.63. The number of benzene rings is 1. The first-order chi connectivity index (χ1) is 10.1. The summed E-state index contributed by atoms with van der Waals surface area (Å²) in [5.74, 6) is 0.488. The lowest BCUT2D eigenvalue weighted by molar-refractivity contribution is 0.0402. The van der Waals surface area contributed by atoms with Crippen LogP contribution in [-0.4, -0.2) is 29.4 Å². The molecule has 3 rings (SSSR count). The minimum absolute atomic E-state index is 0.0177. The molecule has 1 aromatic heterocycles. The van der Waals surface area contributed by atoms with E-state index in [4.69, 9.17) is 4.74 Å². The predicted molar refractivity (Wildman–Crippen MR) is 83.5 cm³/mol. The van der Waals surface area contributed by atoms with E-state index in [1.54, 1.807) is 9.13 Å². The summed E-state index contributed by atoms with van der Waals surface area (Å²) in [5.41, 5.74) is 3.20. The molecule has 21 heavy (non-hydrogen) atoms. The van der Waals surface area contributed by atoms with Gasteiger partial charge in [0.2, 0.25) is 0 Å². The minimum Gasteiger partial charge on any atom is -0.381 e. The molecule has 2 unspecified atom stereocenters. The number of ether oxygens (including phenoxy) is 1. The second kappa shape index (κ2) is 5.66. The third-order valence-electron chi connectivity index (χ3n) is 4.63. The Balaban J connectivity index is 2.02. The normalized spacial score (nSPS) is 20.8. The average Bonchev–Trinajstić information content (AvgIpc) is 2.74. The largest absolute Gasteiger partial charge is 0.381 e. The summed E-state index contributed by atoms with van der Waals surface area (Å²) in [4.78, 5) is 12.0. The second-order valence-electron chi connectivity index (χ2n) is 5.89. The Morgan fingerprint density at radius 3 is 2.71 bits per heavy atom. The Morgan fingerprint density at radius 2 is 2.05 bits per heavy atom. The molecule has 0 aliphatic carbocycles. The van der Waals surface area contributed by atoms with Crippen molar-refractivity contribution in [2.75, 3.05) is 20.3 Å². The molecule has 1 aromatic carbocycles. The Bertz CT molecular complexity index is 695. The molecule has 0 amide bonds. The molecule has 1 aliphatic rings. The van der Waals surface area contributed by atoms with Crippen LogP contribution in [0.3, 0.4) is 0 Å². The fraction of sp³-hybridized carbons (Fsp3) is 0.562. The van der Waals surface area contributed by atoms with E-state index in [1.807, 2.05) is 27.2 Å². The maximum atomic E-state index is 12.0. The number of aromatic nitrogens is 2. The number of nitrogens with zero attached hydrogens (tertiary/aromatic N) is 2. The van der Waals surface area contributed by atoms with E-state index in [0.717, 1.165) is 30.7 Å². The summed E-state index contributed by atoms with van der Waals surface area (Å²) < 4.78 is 9.02. The maximum absolute atomic E-state index is 12.0. The molecule has 0 bridgehead atoms. The summed E-state index contributed by atoms with van der Waals surface area (Å²) in [6.45, 7) is 1.68. The zero-order chi connectivity index (χ0) is 15.0. The Morgan fingerprint density at radius 1 is 1.29 bits per heavy atom. The van der Waals surface area contributed by atoms with Gasteiger partial charge >= 0.3 is 5.69 Å². The molecule has 5 nitrogen and oxygen atoms in total. The summed E-state index contributed by atoms with van der Waals surface area (Å²) in [5, 5.41) is 3.42. The Labute approximate surface area is 124 Å². The summed E-state index contributed by atoms with van der Waals surface area (Å²) in [7, 11) is 5.63. The Kier molecular flexibility index (Phi) is 3.87. The van der Waals surface area contributed by atoms with E-state index in [-0.39, 0.29) is 11.7 Å². The van der Waals surface area contributed by atoms with Crippen molar-refractivity contribution >= 4 is 11.0 Å². The highest BCUT2D eigenvalue weighted by Crippen LogP contribution is 2.30. The molecular formula is C16H23N3O2. The monoisotopic (exact) mass is 289 g/mol. The number of nitrogens with one attached hydrogen (secondary N) is 1. The highest BCUT2D eigenvalue weighted by molar-refractivity contribution is 5.77. The van der Waals surface area contributed by atoms with Crippen LogP contribution in [0.1, 0.15) is 24.4 Å². The zero-order valence-corrected chi connectivity index (χ0v) is 12.9. The molecule has 2 atom stereocenters. The van der Waals surface area contributed by atoms with Crippen molar-refractivity contribution in [1.29, 1.82) is 0 Å². The first-order valence-electron chi connectivity index (χ1n) is 7.54. The van der Waals surface area contributed by atoms with Gasteiger partial charge in [-0.05, 0) is 37.6 Å². The van der Waals surface area contributed by atoms with Gasteiger partial charge < -0.3 is 10.1 Å². The van der Waals surface area contributed by atoms with Gasteiger partial charge in [0, 0.05) is 32.7 Å².